The number of rotatable bonds is 4. The lowest BCUT2D eigenvalue weighted by molar-refractivity contribution is 0.207. The van der Waals surface area contributed by atoms with Crippen LogP contribution < -0.4 is 5.32 Å². The Balaban J connectivity index is 1.86. The van der Waals surface area contributed by atoms with Gasteiger partial charge in [-0.1, -0.05) is 18.2 Å². The molecule has 2 amide bonds. The van der Waals surface area contributed by atoms with E-state index in [1.54, 1.807) is 36.3 Å². The first kappa shape index (κ1) is 14.5. The minimum Gasteiger partial charge on any atom is -0.334 e. The van der Waals surface area contributed by atoms with E-state index < -0.39 is 0 Å². The second-order valence-electron chi connectivity index (χ2n) is 4.68. The average molecular weight is 292 g/mol. The van der Waals surface area contributed by atoms with Gasteiger partial charge in [-0.2, -0.15) is 0 Å². The third-order valence-corrected chi connectivity index (χ3v) is 3.86. The summed E-state index contributed by atoms with van der Waals surface area (Å²) in [4.78, 5) is 14.7. The Labute approximate surface area is 122 Å². The summed E-state index contributed by atoms with van der Waals surface area (Å²) in [6, 6.07) is 8.77. The number of amides is 2. The van der Waals surface area contributed by atoms with Crippen molar-refractivity contribution in [2.45, 2.75) is 20.0 Å². The molecule has 106 valence electrons. The van der Waals surface area contributed by atoms with Crippen molar-refractivity contribution in [2.75, 3.05) is 7.05 Å². The van der Waals surface area contributed by atoms with Crippen molar-refractivity contribution in [1.29, 1.82) is 0 Å². The van der Waals surface area contributed by atoms with E-state index in [9.17, 15) is 9.18 Å². The van der Waals surface area contributed by atoms with Gasteiger partial charge in [0.1, 0.15) is 5.82 Å². The molecule has 1 aromatic heterocycles. The van der Waals surface area contributed by atoms with Crippen LogP contribution in [0.15, 0.2) is 35.7 Å². The number of hydrogen-bond acceptors (Lipinski definition) is 2. The number of hydrogen-bond donors (Lipinski definition) is 1. The van der Waals surface area contributed by atoms with Crippen LogP contribution in [0.2, 0.25) is 0 Å². The molecule has 2 rings (SSSR count). The van der Waals surface area contributed by atoms with Gasteiger partial charge in [0, 0.05) is 18.5 Å². The van der Waals surface area contributed by atoms with Crippen molar-refractivity contribution < 1.29 is 9.18 Å². The Bertz CT molecular complexity index is 584. The average Bonchev–Trinajstić information content (AvgIpc) is 2.92. The second kappa shape index (κ2) is 6.52. The van der Waals surface area contributed by atoms with E-state index >= 15 is 0 Å². The van der Waals surface area contributed by atoms with Crippen molar-refractivity contribution in [3.63, 3.8) is 0 Å². The van der Waals surface area contributed by atoms with Crippen LogP contribution in [0.25, 0.3) is 0 Å². The summed E-state index contributed by atoms with van der Waals surface area (Å²) in [6.45, 7) is 2.61. The molecular weight excluding hydrogens is 275 g/mol. The van der Waals surface area contributed by atoms with Gasteiger partial charge in [0.25, 0.3) is 0 Å². The van der Waals surface area contributed by atoms with Gasteiger partial charge in [0.2, 0.25) is 0 Å². The number of benzene rings is 1. The molecule has 0 saturated heterocycles. The third kappa shape index (κ3) is 3.81. The van der Waals surface area contributed by atoms with Crippen molar-refractivity contribution in [3.8, 4) is 0 Å². The summed E-state index contributed by atoms with van der Waals surface area (Å²) in [5.74, 6) is -0.247. The van der Waals surface area contributed by atoms with E-state index in [2.05, 4.69) is 5.32 Å². The summed E-state index contributed by atoms with van der Waals surface area (Å²) in [5, 5.41) is 4.77. The van der Waals surface area contributed by atoms with E-state index in [-0.39, 0.29) is 11.8 Å². The number of nitrogens with zero attached hydrogens (tertiary/aromatic N) is 1. The number of halogens is 1. The quantitative estimate of drug-likeness (QED) is 0.918. The minimum atomic E-state index is -0.247. The van der Waals surface area contributed by atoms with Crippen LogP contribution in [0, 0.1) is 12.7 Å². The fraction of sp³-hybridized carbons (Fsp3) is 0.267. The van der Waals surface area contributed by atoms with E-state index in [0.29, 0.717) is 18.7 Å². The Kier molecular flexibility index (Phi) is 4.74. The number of urea groups is 1. The van der Waals surface area contributed by atoms with E-state index in [1.807, 2.05) is 23.6 Å². The summed E-state index contributed by atoms with van der Waals surface area (Å²) < 4.78 is 13.4. The lowest BCUT2D eigenvalue weighted by Crippen LogP contribution is -2.36. The Morgan fingerprint density at radius 1 is 1.40 bits per heavy atom. The molecule has 0 unspecified atom stereocenters. The standard InChI is InChI=1S/C15H17FN2OS/c1-11-5-6-12(8-14(11)16)9-17-15(19)18(2)10-13-4-3-7-20-13/h3-8H,9-10H2,1-2H3,(H,17,19). The molecule has 3 nitrogen and oxygen atoms in total. The maximum atomic E-state index is 13.4. The highest BCUT2D eigenvalue weighted by Gasteiger charge is 2.09. The molecule has 20 heavy (non-hydrogen) atoms. The van der Waals surface area contributed by atoms with Crippen LogP contribution in [0.4, 0.5) is 9.18 Å². The summed E-state index contributed by atoms with van der Waals surface area (Å²) in [7, 11) is 1.74. The first-order valence-electron chi connectivity index (χ1n) is 6.32. The first-order chi connectivity index (χ1) is 9.56. The summed E-state index contributed by atoms with van der Waals surface area (Å²) in [5.41, 5.74) is 1.36. The monoisotopic (exact) mass is 292 g/mol. The maximum absolute atomic E-state index is 13.4. The highest BCUT2D eigenvalue weighted by molar-refractivity contribution is 7.09. The largest absolute Gasteiger partial charge is 0.334 e. The number of aryl methyl sites for hydroxylation is 1. The lowest BCUT2D eigenvalue weighted by atomic mass is 10.1. The van der Waals surface area contributed by atoms with Crippen molar-refractivity contribution >= 4 is 17.4 Å². The molecule has 5 heteroatoms. The van der Waals surface area contributed by atoms with Crippen molar-refractivity contribution in [3.05, 3.63) is 57.5 Å². The molecule has 1 heterocycles. The summed E-state index contributed by atoms with van der Waals surface area (Å²) >= 11 is 1.62. The van der Waals surface area contributed by atoms with Gasteiger partial charge in [-0.25, -0.2) is 9.18 Å². The predicted molar refractivity (Wildman–Crippen MR) is 79.2 cm³/mol. The highest BCUT2D eigenvalue weighted by atomic mass is 32.1. The lowest BCUT2D eigenvalue weighted by Gasteiger charge is -2.17. The zero-order valence-corrected chi connectivity index (χ0v) is 12.3. The van der Waals surface area contributed by atoms with E-state index in [4.69, 9.17) is 0 Å². The van der Waals surface area contributed by atoms with Crippen LogP contribution in [0.1, 0.15) is 16.0 Å². The van der Waals surface area contributed by atoms with Crippen LogP contribution in [0.3, 0.4) is 0 Å². The number of carbonyl (C=O) groups is 1. The molecule has 0 atom stereocenters. The van der Waals surface area contributed by atoms with Gasteiger partial charge >= 0.3 is 6.03 Å². The van der Waals surface area contributed by atoms with Gasteiger partial charge in [-0.15, -0.1) is 11.3 Å². The predicted octanol–water partition coefficient (Wildman–Crippen LogP) is 3.54. The molecule has 0 saturated carbocycles. The zero-order valence-electron chi connectivity index (χ0n) is 11.5. The Hall–Kier alpha value is -1.88. The number of thiophene rings is 1. The molecule has 2 aromatic rings. The minimum absolute atomic E-state index is 0.167. The van der Waals surface area contributed by atoms with E-state index in [1.165, 1.54) is 6.07 Å². The molecule has 0 aliphatic heterocycles. The maximum Gasteiger partial charge on any atom is 0.317 e. The molecule has 0 spiro atoms. The number of nitrogens with one attached hydrogen (secondary N) is 1. The van der Waals surface area contributed by atoms with Gasteiger partial charge in [-0.05, 0) is 35.6 Å². The third-order valence-electron chi connectivity index (χ3n) is 3.00. The molecule has 1 aromatic carbocycles. The molecule has 0 aliphatic rings. The van der Waals surface area contributed by atoms with Crippen molar-refractivity contribution in [2.24, 2.45) is 0 Å². The molecular formula is C15H17FN2OS. The van der Waals surface area contributed by atoms with Gasteiger partial charge in [0.15, 0.2) is 0 Å². The SMILES string of the molecule is Cc1ccc(CNC(=O)N(C)Cc2cccs2)cc1F. The first-order valence-corrected chi connectivity index (χ1v) is 7.20. The summed E-state index contributed by atoms with van der Waals surface area (Å²) in [6.07, 6.45) is 0. The molecule has 0 fully saturated rings. The Morgan fingerprint density at radius 2 is 2.20 bits per heavy atom. The second-order valence-corrected chi connectivity index (χ2v) is 5.71. The fourth-order valence-electron chi connectivity index (χ4n) is 1.77. The van der Waals surface area contributed by atoms with Gasteiger partial charge in [0.05, 0.1) is 6.54 Å². The molecule has 0 bridgehead atoms. The van der Waals surface area contributed by atoms with Crippen LogP contribution in [-0.4, -0.2) is 18.0 Å². The van der Waals surface area contributed by atoms with Crippen LogP contribution in [0.5, 0.6) is 0 Å². The number of carbonyl (C=O) groups excluding carboxylic acids is 1. The molecule has 0 radical (unpaired) electrons. The van der Waals surface area contributed by atoms with Crippen LogP contribution in [-0.2, 0) is 13.1 Å². The van der Waals surface area contributed by atoms with Crippen molar-refractivity contribution in [1.82, 2.24) is 10.2 Å². The topological polar surface area (TPSA) is 32.3 Å². The molecule has 0 aliphatic carbocycles. The van der Waals surface area contributed by atoms with E-state index in [0.717, 1.165) is 10.4 Å². The highest BCUT2D eigenvalue weighted by Crippen LogP contribution is 2.11. The normalized spacial score (nSPS) is 10.3. The smallest absolute Gasteiger partial charge is 0.317 e. The van der Waals surface area contributed by atoms with Gasteiger partial charge < -0.3 is 10.2 Å². The van der Waals surface area contributed by atoms with Crippen LogP contribution >= 0.6 is 11.3 Å². The molecule has 1 N–H and O–H groups in total. The van der Waals surface area contributed by atoms with Gasteiger partial charge in [-0.3, -0.25) is 0 Å². The fourth-order valence-corrected chi connectivity index (χ4v) is 2.52. The zero-order chi connectivity index (χ0) is 14.5. The Morgan fingerprint density at radius 3 is 2.85 bits per heavy atom.